The van der Waals surface area contributed by atoms with Crippen LogP contribution in [0.2, 0.25) is 0 Å². The van der Waals surface area contributed by atoms with Crippen LogP contribution in [0.25, 0.3) is 0 Å². The quantitative estimate of drug-likeness (QED) is 0.700. The molecule has 31 heavy (non-hydrogen) atoms. The third-order valence-electron chi connectivity index (χ3n) is 7.41. The van der Waals surface area contributed by atoms with E-state index in [2.05, 4.69) is 10.2 Å². The van der Waals surface area contributed by atoms with Crippen molar-refractivity contribution < 1.29 is 13.9 Å². The Morgan fingerprint density at radius 2 is 1.87 bits per heavy atom. The van der Waals surface area contributed by atoms with Gasteiger partial charge in [0.25, 0.3) is 0 Å². The number of carbonyl (C=O) groups excluding carboxylic acids is 1. The van der Waals surface area contributed by atoms with Gasteiger partial charge < -0.3 is 15.0 Å². The fourth-order valence-corrected chi connectivity index (χ4v) is 5.07. The number of nitrogens with zero attached hydrogens (tertiary/aromatic N) is 2. The predicted octanol–water partition coefficient (Wildman–Crippen LogP) is 4.41. The van der Waals surface area contributed by atoms with E-state index >= 15 is 0 Å². The molecule has 5 nitrogen and oxygen atoms in total. The lowest BCUT2D eigenvalue weighted by molar-refractivity contribution is -0.128. The molecular formula is C25H34FN3O2. The normalized spacial score (nSPS) is 25.4. The largest absolute Gasteiger partial charge is 0.489 e. The number of likely N-dealkylation sites (tertiary alicyclic amines) is 1. The molecule has 0 spiro atoms. The summed E-state index contributed by atoms with van der Waals surface area (Å²) >= 11 is 0. The van der Waals surface area contributed by atoms with Crippen LogP contribution in [-0.2, 0) is 4.79 Å². The van der Waals surface area contributed by atoms with Crippen LogP contribution >= 0.6 is 0 Å². The maximum Gasteiger partial charge on any atom is 0.223 e. The second-order valence-electron chi connectivity index (χ2n) is 9.55. The molecule has 1 heterocycles. The number of nitrogens with one attached hydrogen (secondary N) is 1. The van der Waals surface area contributed by atoms with Crippen molar-refractivity contribution in [3.63, 3.8) is 0 Å². The molecule has 0 radical (unpaired) electrons. The SMILES string of the molecule is N#Cc1cc(F)ccc1OC1CCN(CC[C@H]2CC[C@H](NC(=O)C3CCC3)CC2)CC1. The summed E-state index contributed by atoms with van der Waals surface area (Å²) in [5, 5.41) is 12.5. The van der Waals surface area contributed by atoms with Gasteiger partial charge in [0, 0.05) is 25.0 Å². The summed E-state index contributed by atoms with van der Waals surface area (Å²) in [7, 11) is 0. The van der Waals surface area contributed by atoms with Crippen molar-refractivity contribution in [1.29, 1.82) is 5.26 Å². The first-order valence-electron chi connectivity index (χ1n) is 12.0. The Bertz CT molecular complexity index is 788. The summed E-state index contributed by atoms with van der Waals surface area (Å²) in [5.41, 5.74) is 0.266. The maximum absolute atomic E-state index is 13.3. The zero-order valence-corrected chi connectivity index (χ0v) is 18.3. The van der Waals surface area contributed by atoms with Gasteiger partial charge in [0.15, 0.2) is 0 Å². The molecule has 0 aromatic heterocycles. The van der Waals surface area contributed by atoms with Gasteiger partial charge in [-0.25, -0.2) is 4.39 Å². The molecule has 168 valence electrons. The number of rotatable bonds is 7. The minimum Gasteiger partial charge on any atom is -0.489 e. The van der Waals surface area contributed by atoms with Crippen molar-refractivity contribution >= 4 is 5.91 Å². The third-order valence-corrected chi connectivity index (χ3v) is 7.41. The summed E-state index contributed by atoms with van der Waals surface area (Å²) < 4.78 is 19.3. The summed E-state index contributed by atoms with van der Waals surface area (Å²) in [6, 6.07) is 6.55. The highest BCUT2D eigenvalue weighted by Crippen LogP contribution is 2.30. The number of hydrogen-bond acceptors (Lipinski definition) is 4. The van der Waals surface area contributed by atoms with E-state index in [1.165, 1.54) is 37.8 Å². The first kappa shape index (κ1) is 22.1. The molecule has 1 amide bonds. The molecule has 3 fully saturated rings. The fourth-order valence-electron chi connectivity index (χ4n) is 5.07. The zero-order valence-electron chi connectivity index (χ0n) is 18.3. The molecule has 1 saturated heterocycles. The number of nitriles is 1. The minimum atomic E-state index is -0.409. The first-order chi connectivity index (χ1) is 15.1. The van der Waals surface area contributed by atoms with Gasteiger partial charge in [0.05, 0.1) is 5.56 Å². The lowest BCUT2D eigenvalue weighted by Crippen LogP contribution is -2.43. The van der Waals surface area contributed by atoms with Crippen LogP contribution in [-0.4, -0.2) is 42.6 Å². The number of carbonyl (C=O) groups is 1. The van der Waals surface area contributed by atoms with Crippen LogP contribution in [0.4, 0.5) is 4.39 Å². The van der Waals surface area contributed by atoms with Gasteiger partial charge in [-0.05, 0) is 88.4 Å². The molecule has 4 rings (SSSR count). The number of hydrogen-bond donors (Lipinski definition) is 1. The number of halogens is 1. The number of ether oxygens (including phenoxy) is 1. The van der Waals surface area contributed by atoms with E-state index in [0.717, 1.165) is 64.1 Å². The molecule has 2 saturated carbocycles. The van der Waals surface area contributed by atoms with Gasteiger partial charge in [-0.2, -0.15) is 5.26 Å². The van der Waals surface area contributed by atoms with Gasteiger partial charge in [-0.1, -0.05) is 6.42 Å². The second kappa shape index (κ2) is 10.5. The van der Waals surface area contributed by atoms with E-state index in [0.29, 0.717) is 23.6 Å². The molecule has 0 bridgehead atoms. The Kier molecular flexibility index (Phi) is 7.45. The first-order valence-corrected chi connectivity index (χ1v) is 12.0. The fraction of sp³-hybridized carbons (Fsp3) is 0.680. The summed E-state index contributed by atoms with van der Waals surface area (Å²) in [5.74, 6) is 1.43. The summed E-state index contributed by atoms with van der Waals surface area (Å²) in [6.45, 7) is 3.12. The van der Waals surface area contributed by atoms with Gasteiger partial charge >= 0.3 is 0 Å². The number of piperidine rings is 1. The van der Waals surface area contributed by atoms with Crippen molar-refractivity contribution in [2.24, 2.45) is 11.8 Å². The summed E-state index contributed by atoms with van der Waals surface area (Å²) in [6.07, 6.45) is 11.2. The Labute approximate surface area is 184 Å². The molecular weight excluding hydrogens is 393 g/mol. The van der Waals surface area contributed by atoms with Crippen LogP contribution in [0.5, 0.6) is 5.75 Å². The molecule has 0 atom stereocenters. The molecule has 1 N–H and O–H groups in total. The Hall–Kier alpha value is -2.13. The van der Waals surface area contributed by atoms with Gasteiger partial charge in [-0.3, -0.25) is 4.79 Å². The number of amides is 1. The van der Waals surface area contributed by atoms with E-state index in [9.17, 15) is 14.4 Å². The molecule has 1 aromatic rings. The standard InChI is InChI=1S/C25H34FN3O2/c26-21-6-9-24(20(16-21)17-27)31-23-11-14-29(15-12-23)13-10-18-4-7-22(8-5-18)28-25(30)19-2-1-3-19/h6,9,16,18-19,22-23H,1-5,7-8,10-15H2,(H,28,30)/t18-,22-. The molecule has 1 aliphatic heterocycles. The van der Waals surface area contributed by atoms with Crippen LogP contribution in [0.3, 0.4) is 0 Å². The monoisotopic (exact) mass is 427 g/mol. The third kappa shape index (κ3) is 5.98. The van der Waals surface area contributed by atoms with Gasteiger partial charge in [-0.15, -0.1) is 0 Å². The average molecular weight is 428 g/mol. The van der Waals surface area contributed by atoms with E-state index in [-0.39, 0.29) is 11.7 Å². The second-order valence-corrected chi connectivity index (χ2v) is 9.55. The van der Waals surface area contributed by atoms with Crippen LogP contribution in [0.1, 0.15) is 69.8 Å². The molecule has 3 aliphatic rings. The van der Waals surface area contributed by atoms with Crippen molar-refractivity contribution in [1.82, 2.24) is 10.2 Å². The maximum atomic E-state index is 13.3. The Balaban J connectivity index is 1.12. The van der Waals surface area contributed by atoms with E-state index in [4.69, 9.17) is 4.74 Å². The van der Waals surface area contributed by atoms with Crippen molar-refractivity contribution in [2.75, 3.05) is 19.6 Å². The van der Waals surface area contributed by atoms with E-state index in [1.54, 1.807) is 6.07 Å². The highest BCUT2D eigenvalue weighted by Gasteiger charge is 2.29. The molecule has 0 unspecified atom stereocenters. The smallest absolute Gasteiger partial charge is 0.223 e. The van der Waals surface area contributed by atoms with Gasteiger partial charge in [0.2, 0.25) is 5.91 Å². The van der Waals surface area contributed by atoms with Crippen molar-refractivity contribution in [3.8, 4) is 11.8 Å². The lowest BCUT2D eigenvalue weighted by Gasteiger charge is -2.35. The predicted molar refractivity (Wildman–Crippen MR) is 117 cm³/mol. The van der Waals surface area contributed by atoms with Crippen molar-refractivity contribution in [2.45, 2.75) is 76.4 Å². The Morgan fingerprint density at radius 3 is 2.52 bits per heavy atom. The lowest BCUT2D eigenvalue weighted by atomic mass is 9.82. The molecule has 6 heteroatoms. The van der Waals surface area contributed by atoms with Crippen LogP contribution in [0, 0.1) is 29.0 Å². The zero-order chi connectivity index (χ0) is 21.6. The van der Waals surface area contributed by atoms with Crippen LogP contribution < -0.4 is 10.1 Å². The highest BCUT2D eigenvalue weighted by atomic mass is 19.1. The van der Waals surface area contributed by atoms with Crippen LogP contribution in [0.15, 0.2) is 18.2 Å². The van der Waals surface area contributed by atoms with E-state index in [1.807, 2.05) is 6.07 Å². The highest BCUT2D eigenvalue weighted by molar-refractivity contribution is 5.79. The minimum absolute atomic E-state index is 0.0866. The summed E-state index contributed by atoms with van der Waals surface area (Å²) in [4.78, 5) is 14.7. The Morgan fingerprint density at radius 1 is 1.13 bits per heavy atom. The molecule has 2 aliphatic carbocycles. The average Bonchev–Trinajstić information content (AvgIpc) is 2.74. The topological polar surface area (TPSA) is 65.4 Å². The van der Waals surface area contributed by atoms with Crippen molar-refractivity contribution in [3.05, 3.63) is 29.6 Å². The molecule has 1 aromatic carbocycles. The van der Waals surface area contributed by atoms with E-state index < -0.39 is 5.82 Å². The number of benzene rings is 1. The van der Waals surface area contributed by atoms with Gasteiger partial charge in [0.1, 0.15) is 23.7 Å².